The molecule has 1 amide bonds. The molecule has 1 fully saturated rings. The molecule has 3 rings (SSSR count). The Morgan fingerprint density at radius 3 is 2.42 bits per heavy atom. The van der Waals surface area contributed by atoms with Crippen LogP contribution in [0.15, 0.2) is 42.4 Å². The second-order valence-corrected chi connectivity index (χ2v) is 7.47. The molecule has 0 radical (unpaired) electrons. The van der Waals surface area contributed by atoms with Crippen molar-refractivity contribution in [3.05, 3.63) is 53.5 Å². The highest BCUT2D eigenvalue weighted by atomic mass is 16.5. The van der Waals surface area contributed by atoms with Crippen LogP contribution in [0.25, 0.3) is 0 Å². The molecule has 0 aromatic heterocycles. The Kier molecular flexibility index (Phi) is 6.11. The number of β-amino-alcohol motifs (C(OH)–C–C–N with tert-alkyl or cyclic N) is 1. The second kappa shape index (κ2) is 11.1. The summed E-state index contributed by atoms with van der Waals surface area (Å²) in [6.07, 6.45) is -0.759. The highest BCUT2D eigenvalue weighted by Crippen LogP contribution is 2.25. The lowest BCUT2D eigenvalue weighted by Gasteiger charge is -2.35. The summed E-state index contributed by atoms with van der Waals surface area (Å²) >= 11 is 0. The third kappa shape index (κ3) is 6.69. The van der Waals surface area contributed by atoms with Gasteiger partial charge in [0, 0.05) is 38.4 Å². The van der Waals surface area contributed by atoms with E-state index in [1.165, 1.54) is 4.90 Å². The maximum atomic E-state index is 12.9. The lowest BCUT2D eigenvalue weighted by molar-refractivity contribution is -0.117. The van der Waals surface area contributed by atoms with Crippen LogP contribution < -0.4 is 14.8 Å². The predicted molar refractivity (Wildman–Crippen MR) is 122 cm³/mol. The number of piperazine rings is 1. The first-order valence-electron chi connectivity index (χ1n) is 12.8. The third-order valence-corrected chi connectivity index (χ3v) is 5.09. The Hall–Kier alpha value is -2.61. The maximum Gasteiger partial charge on any atom is 0.238 e. The fraction of sp³-hybridized carbons (Fsp3) is 0.458. The standard InChI is InChI=1S/C24H33N3O4/c1-18-7-6-8-19(2)24(18)25-23(29)16-27-13-11-26(12-14-27)15-20(28)17-31-22-10-5-4-9-21(22)30-3/h4-10,20,28H,11-17H2,1-3H3,(H,25,29)/i6D,7D,8D,16D2. The SMILES string of the molecule is [2H]c1c([2H])c(C)c(NC(=O)C([2H])([2H])N2CCN(CC(O)COc3ccccc3OC)CC2)c(C)c1[2H]. The van der Waals surface area contributed by atoms with Gasteiger partial charge in [0.25, 0.3) is 0 Å². The van der Waals surface area contributed by atoms with Crippen molar-refractivity contribution in [1.29, 1.82) is 0 Å². The molecule has 1 aliphatic rings. The zero-order valence-electron chi connectivity index (χ0n) is 23.2. The summed E-state index contributed by atoms with van der Waals surface area (Å²) in [5.74, 6) is 0.239. The number of carbonyl (C=O) groups excluding carboxylic acids is 1. The molecule has 1 unspecified atom stereocenters. The van der Waals surface area contributed by atoms with E-state index in [1.807, 2.05) is 17.0 Å². The summed E-state index contributed by atoms with van der Waals surface area (Å²) in [6.45, 7) is 2.70. The van der Waals surface area contributed by atoms with Crippen LogP contribution in [0.3, 0.4) is 0 Å². The molecule has 7 nitrogen and oxygen atoms in total. The van der Waals surface area contributed by atoms with E-state index in [0.29, 0.717) is 42.3 Å². The number of nitrogens with one attached hydrogen (secondary N) is 1. The van der Waals surface area contributed by atoms with Crippen molar-refractivity contribution in [2.75, 3.05) is 58.3 Å². The number of benzene rings is 2. The first-order valence-corrected chi connectivity index (χ1v) is 10.3. The molecule has 0 bridgehead atoms. The van der Waals surface area contributed by atoms with Crippen molar-refractivity contribution in [1.82, 2.24) is 9.80 Å². The van der Waals surface area contributed by atoms with Gasteiger partial charge in [-0.15, -0.1) is 0 Å². The molecule has 1 heterocycles. The molecule has 0 saturated carbocycles. The molecule has 1 saturated heterocycles. The fourth-order valence-corrected chi connectivity index (χ4v) is 3.41. The Morgan fingerprint density at radius 1 is 1.16 bits per heavy atom. The lowest BCUT2D eigenvalue weighted by Crippen LogP contribution is -2.50. The molecule has 7 heteroatoms. The van der Waals surface area contributed by atoms with Crippen molar-refractivity contribution in [2.45, 2.75) is 20.0 Å². The normalized spacial score (nSPS) is 18.8. The number of hydrogen-bond donors (Lipinski definition) is 2. The fourth-order valence-electron chi connectivity index (χ4n) is 3.41. The van der Waals surface area contributed by atoms with Crippen LogP contribution in [0, 0.1) is 13.8 Å². The number of hydrogen-bond acceptors (Lipinski definition) is 6. The topological polar surface area (TPSA) is 74.3 Å². The number of methoxy groups -OCH3 is 1. The summed E-state index contributed by atoms with van der Waals surface area (Å²) in [4.78, 5) is 16.3. The van der Waals surface area contributed by atoms with Crippen molar-refractivity contribution >= 4 is 11.6 Å². The molecule has 31 heavy (non-hydrogen) atoms. The zero-order valence-corrected chi connectivity index (χ0v) is 18.2. The van der Waals surface area contributed by atoms with E-state index >= 15 is 0 Å². The Labute approximate surface area is 191 Å². The zero-order chi connectivity index (χ0) is 26.6. The van der Waals surface area contributed by atoms with Gasteiger partial charge in [-0.3, -0.25) is 14.6 Å². The summed E-state index contributed by atoms with van der Waals surface area (Å²) < 4.78 is 51.6. The quantitative estimate of drug-likeness (QED) is 0.634. The smallest absolute Gasteiger partial charge is 0.238 e. The number of nitrogens with zero attached hydrogens (tertiary/aromatic N) is 2. The summed E-state index contributed by atoms with van der Waals surface area (Å²) in [7, 11) is 1.55. The molecule has 0 aliphatic carbocycles. The van der Waals surface area contributed by atoms with Gasteiger partial charge < -0.3 is 19.9 Å². The monoisotopic (exact) mass is 432 g/mol. The predicted octanol–water partition coefficient (Wildman–Crippen LogP) is 2.31. The lowest BCUT2D eigenvalue weighted by atomic mass is 10.1. The number of rotatable bonds is 9. The van der Waals surface area contributed by atoms with Gasteiger partial charge in [0.05, 0.1) is 20.5 Å². The Morgan fingerprint density at radius 2 is 1.77 bits per heavy atom. The van der Waals surface area contributed by atoms with Crippen molar-refractivity contribution in [3.8, 4) is 11.5 Å². The highest BCUT2D eigenvalue weighted by Gasteiger charge is 2.21. The summed E-state index contributed by atoms with van der Waals surface area (Å²) in [5.41, 5.74) is 0.852. The van der Waals surface area contributed by atoms with E-state index in [0.717, 1.165) is 0 Å². The minimum absolute atomic E-state index is 0.0790. The molecule has 1 atom stereocenters. The van der Waals surface area contributed by atoms with Gasteiger partial charge in [-0.2, -0.15) is 0 Å². The van der Waals surface area contributed by atoms with Gasteiger partial charge in [-0.25, -0.2) is 0 Å². The number of ether oxygens (including phenoxy) is 2. The largest absolute Gasteiger partial charge is 0.493 e. The number of aliphatic hydroxyl groups excluding tert-OH is 1. The Balaban J connectivity index is 1.54. The van der Waals surface area contributed by atoms with Gasteiger partial charge in [0.2, 0.25) is 5.91 Å². The van der Waals surface area contributed by atoms with E-state index in [9.17, 15) is 9.90 Å². The van der Waals surface area contributed by atoms with Gasteiger partial charge in [0.15, 0.2) is 11.5 Å². The minimum atomic E-state index is -2.32. The molecule has 2 aromatic carbocycles. The van der Waals surface area contributed by atoms with E-state index < -0.39 is 18.5 Å². The van der Waals surface area contributed by atoms with Crippen molar-refractivity contribution < 1.29 is 26.2 Å². The number of anilines is 1. The average molecular weight is 433 g/mol. The number of amides is 1. The molecule has 1 aliphatic heterocycles. The van der Waals surface area contributed by atoms with E-state index in [1.54, 1.807) is 33.1 Å². The number of aliphatic hydroxyl groups is 1. The molecular formula is C24H33N3O4. The van der Waals surface area contributed by atoms with Gasteiger partial charge in [0.1, 0.15) is 12.7 Å². The minimum Gasteiger partial charge on any atom is -0.493 e. The first-order chi connectivity index (χ1) is 17.0. The number of carbonyl (C=O) groups is 1. The summed E-state index contributed by atoms with van der Waals surface area (Å²) in [6, 6.07) is 6.63. The van der Waals surface area contributed by atoms with Crippen LogP contribution in [0.4, 0.5) is 5.69 Å². The van der Waals surface area contributed by atoms with Crippen LogP contribution in [-0.4, -0.2) is 79.9 Å². The van der Waals surface area contributed by atoms with Crippen LogP contribution in [-0.2, 0) is 4.79 Å². The van der Waals surface area contributed by atoms with Crippen LogP contribution in [0.5, 0.6) is 11.5 Å². The molecule has 0 spiro atoms. The summed E-state index contributed by atoms with van der Waals surface area (Å²) in [5, 5.41) is 13.0. The van der Waals surface area contributed by atoms with E-state index in [4.69, 9.17) is 16.3 Å². The molecule has 2 N–H and O–H groups in total. The molecule has 2 aromatic rings. The van der Waals surface area contributed by atoms with Crippen LogP contribution in [0.2, 0.25) is 0 Å². The van der Waals surface area contributed by atoms with Crippen LogP contribution in [0.1, 0.15) is 18.0 Å². The number of para-hydroxylation sites is 3. The van der Waals surface area contributed by atoms with Gasteiger partial charge >= 0.3 is 0 Å². The van der Waals surface area contributed by atoms with E-state index in [2.05, 4.69) is 5.32 Å². The van der Waals surface area contributed by atoms with E-state index in [-0.39, 0.29) is 43.5 Å². The van der Waals surface area contributed by atoms with Gasteiger partial charge in [-0.1, -0.05) is 30.3 Å². The second-order valence-electron chi connectivity index (χ2n) is 7.47. The van der Waals surface area contributed by atoms with Crippen LogP contribution >= 0.6 is 0 Å². The molecule has 168 valence electrons. The average Bonchev–Trinajstić information content (AvgIpc) is 2.87. The van der Waals surface area contributed by atoms with Gasteiger partial charge in [-0.05, 0) is 37.1 Å². The highest BCUT2D eigenvalue weighted by molar-refractivity contribution is 5.93. The first kappa shape index (κ1) is 17.0. The van der Waals surface area contributed by atoms with Crippen molar-refractivity contribution in [3.63, 3.8) is 0 Å². The third-order valence-electron chi connectivity index (χ3n) is 5.09. The maximum absolute atomic E-state index is 12.9. The Bertz CT molecular complexity index is 1060. The van der Waals surface area contributed by atoms with Crippen molar-refractivity contribution in [2.24, 2.45) is 0 Å². The molecular weight excluding hydrogens is 394 g/mol.